The van der Waals surface area contributed by atoms with Gasteiger partial charge in [-0.3, -0.25) is 9.97 Å². The Morgan fingerprint density at radius 1 is 1.38 bits per heavy atom. The number of hydrogen-bond donors (Lipinski definition) is 1. The Kier molecular flexibility index (Phi) is 4.02. The topological polar surface area (TPSA) is 37.8 Å². The van der Waals surface area contributed by atoms with Crippen molar-refractivity contribution in [2.24, 2.45) is 0 Å². The van der Waals surface area contributed by atoms with Gasteiger partial charge in [0.25, 0.3) is 0 Å². The molecule has 0 saturated heterocycles. The van der Waals surface area contributed by atoms with Gasteiger partial charge in [-0.1, -0.05) is 6.07 Å². The highest BCUT2D eigenvalue weighted by Crippen LogP contribution is 2.11. The maximum Gasteiger partial charge on any atom is 0.0794 e. The maximum atomic E-state index is 4.34. The second-order valence-corrected chi connectivity index (χ2v) is 4.65. The lowest BCUT2D eigenvalue weighted by atomic mass is 10.1. The number of nitrogens with zero attached hydrogens (tertiary/aromatic N) is 2. The second kappa shape index (κ2) is 5.72. The molecule has 0 spiro atoms. The van der Waals surface area contributed by atoms with Gasteiger partial charge in [-0.05, 0) is 25.6 Å². The smallest absolute Gasteiger partial charge is 0.0794 e. The van der Waals surface area contributed by atoms with Crippen LogP contribution in [-0.2, 0) is 12.8 Å². The van der Waals surface area contributed by atoms with Crippen molar-refractivity contribution in [3.8, 4) is 0 Å². The molecule has 3 nitrogen and oxygen atoms in total. The normalized spacial score (nSPS) is 12.6. The zero-order valence-electron chi connectivity index (χ0n) is 9.26. The van der Waals surface area contributed by atoms with E-state index in [-0.39, 0.29) is 0 Å². The first-order valence-corrected chi connectivity index (χ1v) is 6.21. The summed E-state index contributed by atoms with van der Waals surface area (Å²) in [4.78, 5) is 9.75. The fraction of sp³-hybridized carbons (Fsp3) is 0.333. The van der Waals surface area contributed by atoms with Crippen molar-refractivity contribution in [3.63, 3.8) is 0 Å². The summed E-state index contributed by atoms with van der Waals surface area (Å²) < 4.78 is 0. The van der Waals surface area contributed by atoms with Crippen molar-refractivity contribution in [1.29, 1.82) is 0 Å². The predicted octanol–water partition coefficient (Wildman–Crippen LogP) is 1.91. The second-order valence-electron chi connectivity index (χ2n) is 3.68. The van der Waals surface area contributed by atoms with Gasteiger partial charge < -0.3 is 5.32 Å². The van der Waals surface area contributed by atoms with E-state index in [4.69, 9.17) is 0 Å². The Hall–Kier alpha value is -1.26. The number of hydrogen-bond acceptors (Lipinski definition) is 4. The van der Waals surface area contributed by atoms with Gasteiger partial charge in [0.05, 0.1) is 5.51 Å². The molecular formula is C12H15N3S. The molecule has 0 radical (unpaired) electrons. The minimum absolute atomic E-state index is 0.426. The molecule has 1 N–H and O–H groups in total. The van der Waals surface area contributed by atoms with E-state index in [2.05, 4.69) is 21.4 Å². The number of thiazole rings is 1. The first kappa shape index (κ1) is 11.2. The fourth-order valence-corrected chi connectivity index (χ4v) is 2.31. The van der Waals surface area contributed by atoms with Crippen LogP contribution in [0.2, 0.25) is 0 Å². The number of rotatable bonds is 5. The lowest BCUT2D eigenvalue weighted by Gasteiger charge is -2.14. The summed E-state index contributed by atoms with van der Waals surface area (Å²) in [5.74, 6) is 0. The van der Waals surface area contributed by atoms with Crippen molar-refractivity contribution in [3.05, 3.63) is 46.7 Å². The van der Waals surface area contributed by atoms with Crippen LogP contribution in [0.1, 0.15) is 10.6 Å². The summed E-state index contributed by atoms with van der Waals surface area (Å²) in [5, 5.41) is 3.33. The molecule has 1 atom stereocenters. The van der Waals surface area contributed by atoms with Gasteiger partial charge in [0.2, 0.25) is 0 Å². The Bertz CT molecular complexity index is 399. The maximum absolute atomic E-state index is 4.34. The summed E-state index contributed by atoms with van der Waals surface area (Å²) in [7, 11) is 1.99. The molecule has 4 heteroatoms. The quantitative estimate of drug-likeness (QED) is 0.857. The van der Waals surface area contributed by atoms with Crippen LogP contribution in [0.4, 0.5) is 0 Å². The fourth-order valence-electron chi connectivity index (χ4n) is 1.63. The summed E-state index contributed by atoms with van der Waals surface area (Å²) in [5.41, 5.74) is 3.01. The first-order valence-electron chi connectivity index (χ1n) is 5.33. The standard InChI is InChI=1S/C12H15N3S/c1-13-11(7-12-8-14-9-16-12)6-10-4-2-3-5-15-10/h2-5,8-9,11,13H,6-7H2,1H3. The molecule has 1 unspecified atom stereocenters. The monoisotopic (exact) mass is 233 g/mol. The Labute approximate surface area is 99.6 Å². The number of aromatic nitrogens is 2. The van der Waals surface area contributed by atoms with Gasteiger partial charge in [-0.25, -0.2) is 0 Å². The van der Waals surface area contributed by atoms with Gasteiger partial charge in [-0.15, -0.1) is 11.3 Å². The summed E-state index contributed by atoms with van der Waals surface area (Å²) in [6.45, 7) is 0. The van der Waals surface area contributed by atoms with Crippen LogP contribution in [0.5, 0.6) is 0 Å². The van der Waals surface area contributed by atoms with E-state index in [1.165, 1.54) is 4.88 Å². The highest BCUT2D eigenvalue weighted by molar-refractivity contribution is 7.09. The highest BCUT2D eigenvalue weighted by atomic mass is 32.1. The van der Waals surface area contributed by atoms with Gasteiger partial charge >= 0.3 is 0 Å². The van der Waals surface area contributed by atoms with Gasteiger partial charge in [0, 0.05) is 35.4 Å². The molecule has 2 rings (SSSR count). The third-order valence-electron chi connectivity index (χ3n) is 2.52. The van der Waals surface area contributed by atoms with Crippen LogP contribution in [0.25, 0.3) is 0 Å². The van der Waals surface area contributed by atoms with E-state index in [9.17, 15) is 0 Å². The molecule has 0 aromatic carbocycles. The molecule has 0 aliphatic rings. The van der Waals surface area contributed by atoms with Crippen molar-refractivity contribution in [2.45, 2.75) is 18.9 Å². The number of nitrogens with one attached hydrogen (secondary N) is 1. The minimum Gasteiger partial charge on any atom is -0.316 e. The molecule has 2 heterocycles. The molecule has 84 valence electrons. The zero-order valence-corrected chi connectivity index (χ0v) is 10.1. The van der Waals surface area contributed by atoms with Gasteiger partial charge in [-0.2, -0.15) is 0 Å². The third kappa shape index (κ3) is 3.12. The third-order valence-corrected chi connectivity index (χ3v) is 3.32. The van der Waals surface area contributed by atoms with Crippen molar-refractivity contribution in [2.75, 3.05) is 7.05 Å². The average molecular weight is 233 g/mol. The number of likely N-dealkylation sites (N-methyl/N-ethyl adjacent to an activating group) is 1. The van der Waals surface area contributed by atoms with E-state index in [1.54, 1.807) is 11.3 Å². The molecule has 16 heavy (non-hydrogen) atoms. The Morgan fingerprint density at radius 2 is 2.31 bits per heavy atom. The summed E-state index contributed by atoms with van der Waals surface area (Å²) in [6, 6.07) is 6.47. The summed E-state index contributed by atoms with van der Waals surface area (Å²) >= 11 is 1.71. The van der Waals surface area contributed by atoms with Crippen LogP contribution in [-0.4, -0.2) is 23.1 Å². The summed E-state index contributed by atoms with van der Waals surface area (Å²) in [6.07, 6.45) is 5.75. The van der Waals surface area contributed by atoms with Crippen LogP contribution in [0.15, 0.2) is 36.1 Å². The predicted molar refractivity (Wildman–Crippen MR) is 66.6 cm³/mol. The molecule has 0 fully saturated rings. The number of pyridine rings is 1. The SMILES string of the molecule is CNC(Cc1ccccn1)Cc1cncs1. The molecule has 0 amide bonds. The van der Waals surface area contributed by atoms with E-state index < -0.39 is 0 Å². The van der Waals surface area contributed by atoms with Crippen LogP contribution >= 0.6 is 11.3 Å². The Balaban J connectivity index is 1.96. The van der Waals surface area contributed by atoms with Gasteiger partial charge in [0.15, 0.2) is 0 Å². The first-order chi connectivity index (χ1) is 7.88. The Morgan fingerprint density at radius 3 is 2.94 bits per heavy atom. The van der Waals surface area contributed by atoms with Crippen LogP contribution < -0.4 is 5.32 Å². The molecule has 0 aliphatic heterocycles. The van der Waals surface area contributed by atoms with E-state index >= 15 is 0 Å². The van der Waals surface area contributed by atoms with Crippen LogP contribution in [0.3, 0.4) is 0 Å². The van der Waals surface area contributed by atoms with Crippen molar-refractivity contribution >= 4 is 11.3 Å². The van der Waals surface area contributed by atoms with E-state index in [0.29, 0.717) is 6.04 Å². The average Bonchev–Trinajstić information content (AvgIpc) is 2.82. The zero-order chi connectivity index (χ0) is 11.2. The van der Waals surface area contributed by atoms with E-state index in [1.807, 2.05) is 37.1 Å². The lowest BCUT2D eigenvalue weighted by molar-refractivity contribution is 0.553. The van der Waals surface area contributed by atoms with Crippen molar-refractivity contribution in [1.82, 2.24) is 15.3 Å². The largest absolute Gasteiger partial charge is 0.316 e. The molecule has 0 aliphatic carbocycles. The van der Waals surface area contributed by atoms with Gasteiger partial charge in [0.1, 0.15) is 0 Å². The van der Waals surface area contributed by atoms with Crippen molar-refractivity contribution < 1.29 is 0 Å². The molecular weight excluding hydrogens is 218 g/mol. The van der Waals surface area contributed by atoms with E-state index in [0.717, 1.165) is 18.5 Å². The lowest BCUT2D eigenvalue weighted by Crippen LogP contribution is -2.29. The molecule has 2 aromatic rings. The molecule has 0 bridgehead atoms. The minimum atomic E-state index is 0.426. The highest BCUT2D eigenvalue weighted by Gasteiger charge is 2.09. The van der Waals surface area contributed by atoms with Crippen LogP contribution in [0, 0.1) is 0 Å². The molecule has 2 aromatic heterocycles. The molecule has 0 saturated carbocycles.